The first-order valence-electron chi connectivity index (χ1n) is 5.63. The molecule has 0 fully saturated rings. The van der Waals surface area contributed by atoms with Gasteiger partial charge in [-0.15, -0.1) is 0 Å². The molecule has 2 unspecified atom stereocenters. The lowest BCUT2D eigenvalue weighted by molar-refractivity contribution is 0.0666. The SMILES string of the molecule is CC1CC(C(F)F)n2nc(C(C)C)cc2N1. The van der Waals surface area contributed by atoms with Crippen molar-refractivity contribution < 1.29 is 8.78 Å². The van der Waals surface area contributed by atoms with Crippen LogP contribution in [0.2, 0.25) is 0 Å². The zero-order valence-electron chi connectivity index (χ0n) is 9.74. The minimum absolute atomic E-state index is 0.0724. The maximum atomic E-state index is 12.9. The molecular weight excluding hydrogens is 212 g/mol. The van der Waals surface area contributed by atoms with Crippen LogP contribution in [0.4, 0.5) is 14.6 Å². The highest BCUT2D eigenvalue weighted by Crippen LogP contribution is 2.32. The number of nitrogens with one attached hydrogen (secondary N) is 1. The lowest BCUT2D eigenvalue weighted by Crippen LogP contribution is -2.33. The van der Waals surface area contributed by atoms with Crippen LogP contribution in [0, 0.1) is 0 Å². The van der Waals surface area contributed by atoms with Crippen molar-refractivity contribution >= 4 is 5.82 Å². The van der Waals surface area contributed by atoms with Gasteiger partial charge in [0.05, 0.1) is 5.69 Å². The summed E-state index contributed by atoms with van der Waals surface area (Å²) in [4.78, 5) is 0. The summed E-state index contributed by atoms with van der Waals surface area (Å²) in [5.74, 6) is 0.973. The fraction of sp³-hybridized carbons (Fsp3) is 0.727. The first kappa shape index (κ1) is 11.4. The van der Waals surface area contributed by atoms with Gasteiger partial charge < -0.3 is 5.32 Å². The maximum Gasteiger partial charge on any atom is 0.260 e. The molecule has 0 amide bonds. The highest BCUT2D eigenvalue weighted by atomic mass is 19.3. The van der Waals surface area contributed by atoms with Crippen molar-refractivity contribution in [3.8, 4) is 0 Å². The van der Waals surface area contributed by atoms with Crippen LogP contribution in [0.15, 0.2) is 6.07 Å². The highest BCUT2D eigenvalue weighted by Gasteiger charge is 2.32. The van der Waals surface area contributed by atoms with Gasteiger partial charge in [0, 0.05) is 12.1 Å². The largest absolute Gasteiger partial charge is 0.368 e. The number of halogens is 2. The molecular formula is C11H17F2N3. The van der Waals surface area contributed by atoms with E-state index in [0.29, 0.717) is 12.2 Å². The molecule has 1 aliphatic rings. The minimum atomic E-state index is -2.36. The maximum absolute atomic E-state index is 12.9. The number of hydrogen-bond donors (Lipinski definition) is 1. The van der Waals surface area contributed by atoms with Crippen LogP contribution in [0.1, 0.15) is 44.8 Å². The Kier molecular flexibility index (Phi) is 2.86. The molecule has 16 heavy (non-hydrogen) atoms. The highest BCUT2D eigenvalue weighted by molar-refractivity contribution is 5.41. The minimum Gasteiger partial charge on any atom is -0.368 e. The van der Waals surface area contributed by atoms with Gasteiger partial charge in [-0.05, 0) is 19.3 Å². The van der Waals surface area contributed by atoms with Crippen molar-refractivity contribution in [1.29, 1.82) is 0 Å². The average Bonchev–Trinajstić information content (AvgIpc) is 2.59. The van der Waals surface area contributed by atoms with Crippen LogP contribution >= 0.6 is 0 Å². The Labute approximate surface area is 93.8 Å². The Balaban J connectivity index is 2.37. The van der Waals surface area contributed by atoms with Gasteiger partial charge in [-0.3, -0.25) is 0 Å². The Hall–Kier alpha value is -1.13. The van der Waals surface area contributed by atoms with Gasteiger partial charge in [-0.1, -0.05) is 13.8 Å². The van der Waals surface area contributed by atoms with Crippen molar-refractivity contribution in [2.45, 2.75) is 51.6 Å². The Morgan fingerprint density at radius 3 is 2.75 bits per heavy atom. The molecule has 90 valence electrons. The van der Waals surface area contributed by atoms with E-state index in [4.69, 9.17) is 0 Å². The van der Waals surface area contributed by atoms with Crippen molar-refractivity contribution in [3.63, 3.8) is 0 Å². The van der Waals surface area contributed by atoms with Crippen LogP contribution in [0.5, 0.6) is 0 Å². The summed E-state index contributed by atoms with van der Waals surface area (Å²) in [5.41, 5.74) is 0.863. The quantitative estimate of drug-likeness (QED) is 0.844. The zero-order chi connectivity index (χ0) is 11.9. The molecule has 2 atom stereocenters. The number of fused-ring (bicyclic) bond motifs is 1. The summed E-state index contributed by atoms with van der Waals surface area (Å²) >= 11 is 0. The summed E-state index contributed by atoms with van der Waals surface area (Å²) in [5, 5.41) is 7.45. The molecule has 1 N–H and O–H groups in total. The second-order valence-corrected chi connectivity index (χ2v) is 4.74. The normalized spacial score (nSPS) is 24.7. The molecule has 0 saturated carbocycles. The van der Waals surface area contributed by atoms with Crippen LogP contribution < -0.4 is 5.32 Å². The van der Waals surface area contributed by atoms with Gasteiger partial charge >= 0.3 is 0 Å². The lowest BCUT2D eigenvalue weighted by atomic mass is 10.1. The predicted octanol–water partition coefficient (Wildman–Crippen LogP) is 3.02. The first-order chi connectivity index (χ1) is 7.49. The molecule has 1 aromatic rings. The molecule has 0 aromatic carbocycles. The van der Waals surface area contributed by atoms with Gasteiger partial charge in [-0.25, -0.2) is 13.5 Å². The molecule has 1 aromatic heterocycles. The van der Waals surface area contributed by atoms with E-state index in [0.717, 1.165) is 5.69 Å². The molecule has 2 heterocycles. The molecule has 0 saturated heterocycles. The van der Waals surface area contributed by atoms with Crippen molar-refractivity contribution in [3.05, 3.63) is 11.8 Å². The monoisotopic (exact) mass is 229 g/mol. The van der Waals surface area contributed by atoms with Crippen LogP contribution in [0.25, 0.3) is 0 Å². The third-order valence-electron chi connectivity index (χ3n) is 2.94. The van der Waals surface area contributed by atoms with E-state index in [1.807, 2.05) is 26.8 Å². The number of aromatic nitrogens is 2. The van der Waals surface area contributed by atoms with Crippen molar-refractivity contribution in [2.24, 2.45) is 0 Å². The number of hydrogen-bond acceptors (Lipinski definition) is 2. The lowest BCUT2D eigenvalue weighted by Gasteiger charge is -2.29. The molecule has 0 aliphatic carbocycles. The summed E-state index contributed by atoms with van der Waals surface area (Å²) < 4.78 is 27.2. The molecule has 1 aliphatic heterocycles. The van der Waals surface area contributed by atoms with Gasteiger partial charge in [0.25, 0.3) is 6.43 Å². The van der Waals surface area contributed by atoms with Crippen molar-refractivity contribution in [1.82, 2.24) is 9.78 Å². The van der Waals surface area contributed by atoms with Crippen LogP contribution in [-0.2, 0) is 0 Å². The molecule has 2 rings (SSSR count). The van der Waals surface area contributed by atoms with Gasteiger partial charge in [-0.2, -0.15) is 5.10 Å². The van der Waals surface area contributed by atoms with E-state index in [1.165, 1.54) is 4.68 Å². The third kappa shape index (κ3) is 1.90. The Bertz CT molecular complexity index is 373. The van der Waals surface area contributed by atoms with E-state index < -0.39 is 12.5 Å². The molecule has 5 heteroatoms. The Morgan fingerprint density at radius 2 is 2.19 bits per heavy atom. The topological polar surface area (TPSA) is 29.9 Å². The first-order valence-corrected chi connectivity index (χ1v) is 5.63. The van der Waals surface area contributed by atoms with E-state index in [2.05, 4.69) is 10.4 Å². The number of nitrogens with zero attached hydrogens (tertiary/aromatic N) is 2. The van der Waals surface area contributed by atoms with Crippen molar-refractivity contribution in [2.75, 3.05) is 5.32 Å². The molecule has 0 radical (unpaired) electrons. The summed E-state index contributed by atoms with van der Waals surface area (Å²) in [6.45, 7) is 5.94. The smallest absolute Gasteiger partial charge is 0.260 e. The molecule has 0 spiro atoms. The number of rotatable bonds is 2. The van der Waals surface area contributed by atoms with Gasteiger partial charge in [0.1, 0.15) is 11.9 Å². The van der Waals surface area contributed by atoms with E-state index in [1.54, 1.807) is 0 Å². The number of alkyl halides is 2. The predicted molar refractivity (Wildman–Crippen MR) is 59.1 cm³/mol. The summed E-state index contributed by atoms with van der Waals surface area (Å²) in [6.07, 6.45) is -1.94. The second kappa shape index (κ2) is 4.03. The zero-order valence-corrected chi connectivity index (χ0v) is 9.74. The fourth-order valence-electron chi connectivity index (χ4n) is 2.04. The summed E-state index contributed by atoms with van der Waals surface area (Å²) in [6, 6.07) is 1.15. The van der Waals surface area contributed by atoms with Crippen LogP contribution in [-0.4, -0.2) is 22.2 Å². The van der Waals surface area contributed by atoms with E-state index in [-0.39, 0.29) is 12.0 Å². The van der Waals surface area contributed by atoms with E-state index in [9.17, 15) is 8.78 Å². The second-order valence-electron chi connectivity index (χ2n) is 4.74. The van der Waals surface area contributed by atoms with Gasteiger partial charge in [0.2, 0.25) is 0 Å². The van der Waals surface area contributed by atoms with Gasteiger partial charge in [0.15, 0.2) is 0 Å². The fourth-order valence-corrected chi connectivity index (χ4v) is 2.04. The number of anilines is 1. The Morgan fingerprint density at radius 1 is 1.50 bits per heavy atom. The standard InChI is InChI=1S/C11H17F2N3/c1-6(2)8-5-10-14-7(3)4-9(11(12)13)16(10)15-8/h5-7,9,11,14H,4H2,1-3H3. The average molecular weight is 229 g/mol. The third-order valence-corrected chi connectivity index (χ3v) is 2.94. The van der Waals surface area contributed by atoms with Crippen LogP contribution in [0.3, 0.4) is 0 Å². The molecule has 0 bridgehead atoms. The summed E-state index contributed by atoms with van der Waals surface area (Å²) in [7, 11) is 0. The molecule has 3 nitrogen and oxygen atoms in total. The van der Waals surface area contributed by atoms with E-state index >= 15 is 0 Å².